The van der Waals surface area contributed by atoms with E-state index in [0.29, 0.717) is 5.02 Å². The van der Waals surface area contributed by atoms with Crippen LogP contribution in [-0.2, 0) is 0 Å². The standard InChI is InChI=1S/C14H15ClN4O/c1-9(10-3-5-11(15)6-4-10)19(2)14(20)12-7-8-13(16)18-17-12/h3-9H,1-2H3,(H2,16,18). The number of hydrogen-bond donors (Lipinski definition) is 1. The maximum Gasteiger partial charge on any atom is 0.274 e. The van der Waals surface area contributed by atoms with Crippen LogP contribution in [0.5, 0.6) is 0 Å². The molecule has 0 saturated carbocycles. The molecule has 20 heavy (non-hydrogen) atoms. The van der Waals surface area contributed by atoms with Crippen molar-refractivity contribution in [1.82, 2.24) is 15.1 Å². The molecule has 2 rings (SSSR count). The van der Waals surface area contributed by atoms with E-state index in [1.807, 2.05) is 19.1 Å². The Morgan fingerprint density at radius 3 is 2.40 bits per heavy atom. The van der Waals surface area contributed by atoms with Crippen molar-refractivity contribution in [3.63, 3.8) is 0 Å². The van der Waals surface area contributed by atoms with Gasteiger partial charge in [-0.3, -0.25) is 4.79 Å². The predicted molar refractivity (Wildman–Crippen MR) is 78.4 cm³/mol. The molecule has 1 atom stereocenters. The van der Waals surface area contributed by atoms with Gasteiger partial charge in [0.05, 0.1) is 6.04 Å². The van der Waals surface area contributed by atoms with Crippen molar-refractivity contribution in [3.8, 4) is 0 Å². The molecule has 0 fully saturated rings. The second kappa shape index (κ2) is 5.88. The number of nitrogens with zero attached hydrogens (tertiary/aromatic N) is 3. The van der Waals surface area contributed by atoms with E-state index >= 15 is 0 Å². The Labute approximate surface area is 122 Å². The molecule has 5 nitrogen and oxygen atoms in total. The molecule has 1 aromatic carbocycles. The van der Waals surface area contributed by atoms with Crippen LogP contribution in [0.25, 0.3) is 0 Å². The van der Waals surface area contributed by atoms with Gasteiger partial charge in [0.25, 0.3) is 5.91 Å². The quantitative estimate of drug-likeness (QED) is 0.943. The van der Waals surface area contributed by atoms with E-state index in [2.05, 4.69) is 10.2 Å². The number of hydrogen-bond acceptors (Lipinski definition) is 4. The van der Waals surface area contributed by atoms with Crippen LogP contribution in [0, 0.1) is 0 Å². The average Bonchev–Trinajstić information content (AvgIpc) is 2.46. The van der Waals surface area contributed by atoms with Gasteiger partial charge in [-0.25, -0.2) is 0 Å². The number of carbonyl (C=O) groups is 1. The summed E-state index contributed by atoms with van der Waals surface area (Å²) >= 11 is 5.86. The number of aromatic nitrogens is 2. The van der Waals surface area contributed by atoms with Crippen molar-refractivity contribution in [3.05, 3.63) is 52.7 Å². The third-order valence-electron chi connectivity index (χ3n) is 3.16. The van der Waals surface area contributed by atoms with Crippen molar-refractivity contribution in [2.24, 2.45) is 0 Å². The number of rotatable bonds is 3. The van der Waals surface area contributed by atoms with Crippen molar-refractivity contribution in [2.75, 3.05) is 12.8 Å². The Morgan fingerprint density at radius 1 is 1.20 bits per heavy atom. The third-order valence-corrected chi connectivity index (χ3v) is 3.41. The smallest absolute Gasteiger partial charge is 0.274 e. The first-order valence-corrected chi connectivity index (χ1v) is 6.48. The normalized spacial score (nSPS) is 11.9. The largest absolute Gasteiger partial charge is 0.382 e. The second-order valence-corrected chi connectivity index (χ2v) is 4.92. The van der Waals surface area contributed by atoms with E-state index < -0.39 is 0 Å². The Morgan fingerprint density at radius 2 is 1.85 bits per heavy atom. The van der Waals surface area contributed by atoms with E-state index in [9.17, 15) is 4.79 Å². The van der Waals surface area contributed by atoms with Crippen molar-refractivity contribution >= 4 is 23.3 Å². The van der Waals surface area contributed by atoms with Gasteiger partial charge < -0.3 is 10.6 Å². The first kappa shape index (κ1) is 14.3. The number of nitrogens with two attached hydrogens (primary N) is 1. The van der Waals surface area contributed by atoms with Crippen molar-refractivity contribution in [1.29, 1.82) is 0 Å². The van der Waals surface area contributed by atoms with Crippen LogP contribution in [0.3, 0.4) is 0 Å². The molecule has 0 aliphatic rings. The summed E-state index contributed by atoms with van der Waals surface area (Å²) in [6.45, 7) is 1.94. The summed E-state index contributed by atoms with van der Waals surface area (Å²) in [6, 6.07) is 10.4. The molecule has 1 heterocycles. The molecule has 2 aromatic rings. The number of benzene rings is 1. The minimum absolute atomic E-state index is 0.0980. The van der Waals surface area contributed by atoms with Gasteiger partial charge in [-0.1, -0.05) is 23.7 Å². The monoisotopic (exact) mass is 290 g/mol. The van der Waals surface area contributed by atoms with E-state index in [4.69, 9.17) is 17.3 Å². The van der Waals surface area contributed by atoms with Gasteiger partial charge in [0.2, 0.25) is 0 Å². The number of amides is 1. The van der Waals surface area contributed by atoms with Crippen molar-refractivity contribution in [2.45, 2.75) is 13.0 Å². The highest BCUT2D eigenvalue weighted by Gasteiger charge is 2.20. The maximum atomic E-state index is 12.3. The van der Waals surface area contributed by atoms with Crippen LogP contribution in [0.4, 0.5) is 5.82 Å². The molecule has 2 N–H and O–H groups in total. The average molecular weight is 291 g/mol. The fraction of sp³-hybridized carbons (Fsp3) is 0.214. The van der Waals surface area contributed by atoms with Crippen LogP contribution in [-0.4, -0.2) is 28.1 Å². The Bertz CT molecular complexity index is 598. The molecule has 0 spiro atoms. The zero-order valence-electron chi connectivity index (χ0n) is 11.2. The highest BCUT2D eigenvalue weighted by atomic mass is 35.5. The summed E-state index contributed by atoms with van der Waals surface area (Å²) in [5, 5.41) is 8.16. The molecule has 104 valence electrons. The molecule has 0 radical (unpaired) electrons. The van der Waals surface area contributed by atoms with E-state index in [1.54, 1.807) is 36.2 Å². The minimum Gasteiger partial charge on any atom is -0.382 e. The lowest BCUT2D eigenvalue weighted by atomic mass is 10.1. The molecule has 0 bridgehead atoms. The number of nitrogen functional groups attached to an aromatic ring is 1. The first-order chi connectivity index (χ1) is 9.49. The van der Waals surface area contributed by atoms with Gasteiger partial charge in [-0.2, -0.15) is 0 Å². The number of halogens is 1. The summed E-state index contributed by atoms with van der Waals surface area (Å²) in [7, 11) is 1.72. The lowest BCUT2D eigenvalue weighted by Crippen LogP contribution is -2.30. The molecular formula is C14H15ClN4O. The lowest BCUT2D eigenvalue weighted by molar-refractivity contribution is 0.0735. The summed E-state index contributed by atoms with van der Waals surface area (Å²) < 4.78 is 0. The summed E-state index contributed by atoms with van der Waals surface area (Å²) in [5.41, 5.74) is 6.72. The van der Waals surface area contributed by atoms with Gasteiger partial charge in [-0.15, -0.1) is 10.2 Å². The van der Waals surface area contributed by atoms with Crippen LogP contribution in [0.15, 0.2) is 36.4 Å². The van der Waals surface area contributed by atoms with Crippen LogP contribution in [0.2, 0.25) is 5.02 Å². The van der Waals surface area contributed by atoms with Crippen LogP contribution >= 0.6 is 11.6 Å². The molecule has 0 aliphatic heterocycles. The lowest BCUT2D eigenvalue weighted by Gasteiger charge is -2.25. The van der Waals surface area contributed by atoms with Crippen LogP contribution < -0.4 is 5.73 Å². The molecule has 6 heteroatoms. The van der Waals surface area contributed by atoms with Gasteiger partial charge in [-0.05, 0) is 36.8 Å². The highest BCUT2D eigenvalue weighted by molar-refractivity contribution is 6.30. The second-order valence-electron chi connectivity index (χ2n) is 4.49. The van der Waals surface area contributed by atoms with E-state index in [0.717, 1.165) is 5.56 Å². The first-order valence-electron chi connectivity index (χ1n) is 6.11. The van der Waals surface area contributed by atoms with E-state index in [-0.39, 0.29) is 23.5 Å². The SMILES string of the molecule is CC(c1ccc(Cl)cc1)N(C)C(=O)c1ccc(N)nn1. The Balaban J connectivity index is 2.17. The zero-order chi connectivity index (χ0) is 14.7. The Kier molecular flexibility index (Phi) is 4.20. The number of carbonyl (C=O) groups excluding carboxylic acids is 1. The van der Waals surface area contributed by atoms with Gasteiger partial charge >= 0.3 is 0 Å². The van der Waals surface area contributed by atoms with Crippen molar-refractivity contribution < 1.29 is 4.79 Å². The maximum absolute atomic E-state index is 12.3. The summed E-state index contributed by atoms with van der Waals surface area (Å²) in [6.07, 6.45) is 0. The van der Waals surface area contributed by atoms with E-state index in [1.165, 1.54) is 0 Å². The zero-order valence-corrected chi connectivity index (χ0v) is 12.0. The highest BCUT2D eigenvalue weighted by Crippen LogP contribution is 2.22. The molecule has 1 aromatic heterocycles. The third kappa shape index (κ3) is 3.05. The minimum atomic E-state index is -0.208. The molecule has 0 aliphatic carbocycles. The summed E-state index contributed by atoms with van der Waals surface area (Å²) in [4.78, 5) is 13.9. The fourth-order valence-electron chi connectivity index (χ4n) is 1.78. The number of anilines is 1. The Hall–Kier alpha value is -2.14. The fourth-order valence-corrected chi connectivity index (χ4v) is 1.90. The van der Waals surface area contributed by atoms with Gasteiger partial charge in [0.1, 0.15) is 5.82 Å². The topological polar surface area (TPSA) is 72.1 Å². The predicted octanol–water partition coefficient (Wildman–Crippen LogP) is 2.55. The summed E-state index contributed by atoms with van der Waals surface area (Å²) in [5.74, 6) is 0.0786. The molecular weight excluding hydrogens is 276 g/mol. The molecule has 1 amide bonds. The molecule has 0 saturated heterocycles. The van der Waals surface area contributed by atoms with Gasteiger partial charge in [0, 0.05) is 12.1 Å². The van der Waals surface area contributed by atoms with Gasteiger partial charge in [0.15, 0.2) is 5.69 Å². The molecule has 1 unspecified atom stereocenters. The van der Waals surface area contributed by atoms with Crippen LogP contribution in [0.1, 0.15) is 29.0 Å².